The second-order valence-electron chi connectivity index (χ2n) is 4.22. The van der Waals surface area contributed by atoms with E-state index in [-0.39, 0.29) is 0 Å². The summed E-state index contributed by atoms with van der Waals surface area (Å²) in [6.07, 6.45) is 4.82. The molecule has 0 aliphatic carbocycles. The summed E-state index contributed by atoms with van der Waals surface area (Å²) in [5.74, 6) is 1.85. The van der Waals surface area contributed by atoms with E-state index in [1.54, 1.807) is 0 Å². The van der Waals surface area contributed by atoms with Gasteiger partial charge in [-0.2, -0.15) is 0 Å². The molecule has 1 aliphatic rings. The van der Waals surface area contributed by atoms with E-state index >= 15 is 0 Å². The Labute approximate surface area is 90.4 Å². The lowest BCUT2D eigenvalue weighted by Crippen LogP contribution is -2.40. The summed E-state index contributed by atoms with van der Waals surface area (Å²) in [4.78, 5) is 2.34. The normalized spacial score (nSPS) is 22.0. The van der Waals surface area contributed by atoms with Gasteiger partial charge in [0.1, 0.15) is 5.76 Å². The molecular formula is C11H19N3O. The van der Waals surface area contributed by atoms with Crippen LogP contribution in [0.1, 0.15) is 31.4 Å². The molecule has 0 spiro atoms. The van der Waals surface area contributed by atoms with Gasteiger partial charge in [0.25, 0.3) is 0 Å². The first-order valence-corrected chi connectivity index (χ1v) is 5.71. The number of hydrogen-bond acceptors (Lipinski definition) is 4. The van der Waals surface area contributed by atoms with Crippen LogP contribution in [0, 0.1) is 6.92 Å². The lowest BCUT2D eigenvalue weighted by atomic mass is 9.99. The lowest BCUT2D eigenvalue weighted by Gasteiger charge is -2.35. The molecule has 1 atom stereocenters. The zero-order valence-electron chi connectivity index (χ0n) is 9.28. The van der Waals surface area contributed by atoms with Crippen molar-refractivity contribution >= 4 is 5.82 Å². The molecule has 4 heteroatoms. The molecule has 0 saturated carbocycles. The van der Waals surface area contributed by atoms with Crippen molar-refractivity contribution in [2.75, 3.05) is 18.0 Å². The van der Waals surface area contributed by atoms with Gasteiger partial charge in [0.05, 0.1) is 0 Å². The highest BCUT2D eigenvalue weighted by Gasteiger charge is 2.23. The minimum absolute atomic E-state index is 0.549. The predicted octanol–water partition coefficient (Wildman–Crippen LogP) is 1.69. The summed E-state index contributed by atoms with van der Waals surface area (Å²) in [6, 6.07) is 2.56. The van der Waals surface area contributed by atoms with Gasteiger partial charge in [0, 0.05) is 18.7 Å². The Kier molecular flexibility index (Phi) is 3.26. The molecule has 2 heterocycles. The first-order chi connectivity index (χ1) is 7.31. The molecule has 1 unspecified atom stereocenters. The van der Waals surface area contributed by atoms with Crippen LogP contribution in [0.25, 0.3) is 0 Å². The van der Waals surface area contributed by atoms with E-state index in [1.165, 1.54) is 19.3 Å². The van der Waals surface area contributed by atoms with Crippen molar-refractivity contribution in [2.24, 2.45) is 5.73 Å². The first kappa shape index (κ1) is 10.5. The van der Waals surface area contributed by atoms with E-state index in [1.807, 2.05) is 13.0 Å². The van der Waals surface area contributed by atoms with E-state index in [9.17, 15) is 0 Å². The molecule has 1 aromatic rings. The molecule has 2 N–H and O–H groups in total. The van der Waals surface area contributed by atoms with Crippen LogP contribution in [0.5, 0.6) is 0 Å². The molecule has 0 aromatic carbocycles. The molecule has 0 amide bonds. The van der Waals surface area contributed by atoms with Crippen LogP contribution in [0.3, 0.4) is 0 Å². The first-order valence-electron chi connectivity index (χ1n) is 5.71. The van der Waals surface area contributed by atoms with Gasteiger partial charge in [0.2, 0.25) is 0 Å². The fourth-order valence-electron chi connectivity index (χ4n) is 2.28. The summed E-state index contributed by atoms with van der Waals surface area (Å²) in [5.41, 5.74) is 5.63. The number of hydrogen-bond donors (Lipinski definition) is 1. The largest absolute Gasteiger partial charge is 0.360 e. The van der Waals surface area contributed by atoms with Crippen molar-refractivity contribution in [3.63, 3.8) is 0 Å². The van der Waals surface area contributed by atoms with Crippen molar-refractivity contribution in [3.05, 3.63) is 11.8 Å². The summed E-state index contributed by atoms with van der Waals surface area (Å²) in [7, 11) is 0. The van der Waals surface area contributed by atoms with Crippen LogP contribution >= 0.6 is 0 Å². The standard InChI is InChI=1S/C11H19N3O/c1-9-8-11(13-15-9)14-7-3-2-4-10(14)5-6-12/h8,10H,2-7,12H2,1H3. The summed E-state index contributed by atoms with van der Waals surface area (Å²) in [6.45, 7) is 3.76. The second-order valence-corrected chi connectivity index (χ2v) is 4.22. The lowest BCUT2D eigenvalue weighted by molar-refractivity contribution is 0.384. The van der Waals surface area contributed by atoms with Crippen LogP contribution in [-0.2, 0) is 0 Å². The topological polar surface area (TPSA) is 55.3 Å². The van der Waals surface area contributed by atoms with Gasteiger partial charge >= 0.3 is 0 Å². The van der Waals surface area contributed by atoms with Gasteiger partial charge in [-0.1, -0.05) is 5.16 Å². The highest BCUT2D eigenvalue weighted by Crippen LogP contribution is 2.25. The molecule has 1 fully saturated rings. The molecule has 4 nitrogen and oxygen atoms in total. The summed E-state index contributed by atoms with van der Waals surface area (Å²) >= 11 is 0. The number of anilines is 1. The minimum Gasteiger partial charge on any atom is -0.360 e. The average molecular weight is 209 g/mol. The number of nitrogens with two attached hydrogens (primary N) is 1. The monoisotopic (exact) mass is 209 g/mol. The van der Waals surface area contributed by atoms with Crippen LogP contribution in [-0.4, -0.2) is 24.3 Å². The Morgan fingerprint density at radius 2 is 2.47 bits per heavy atom. The van der Waals surface area contributed by atoms with E-state index in [4.69, 9.17) is 10.3 Å². The quantitative estimate of drug-likeness (QED) is 0.823. The number of nitrogens with zero attached hydrogens (tertiary/aromatic N) is 2. The van der Waals surface area contributed by atoms with Crippen molar-refractivity contribution in [1.29, 1.82) is 0 Å². The highest BCUT2D eigenvalue weighted by atomic mass is 16.5. The molecule has 1 saturated heterocycles. The second kappa shape index (κ2) is 4.66. The fourth-order valence-corrected chi connectivity index (χ4v) is 2.28. The molecule has 1 aromatic heterocycles. The van der Waals surface area contributed by atoms with E-state index < -0.39 is 0 Å². The molecule has 2 rings (SSSR count). The van der Waals surface area contributed by atoms with Crippen LogP contribution in [0.15, 0.2) is 10.6 Å². The Morgan fingerprint density at radius 3 is 3.13 bits per heavy atom. The number of piperidine rings is 1. The third-order valence-corrected chi connectivity index (χ3v) is 3.04. The van der Waals surface area contributed by atoms with Crippen molar-refractivity contribution in [1.82, 2.24) is 5.16 Å². The number of rotatable bonds is 3. The van der Waals surface area contributed by atoms with Crippen LogP contribution < -0.4 is 10.6 Å². The molecule has 84 valence electrons. The van der Waals surface area contributed by atoms with Gasteiger partial charge < -0.3 is 15.2 Å². The van der Waals surface area contributed by atoms with Gasteiger partial charge in [-0.3, -0.25) is 0 Å². The Bertz CT molecular complexity index is 309. The molecule has 0 bridgehead atoms. The predicted molar refractivity (Wildman–Crippen MR) is 59.9 cm³/mol. The number of aryl methyl sites for hydroxylation is 1. The van der Waals surface area contributed by atoms with E-state index in [2.05, 4.69) is 10.1 Å². The van der Waals surface area contributed by atoms with Crippen molar-refractivity contribution in [2.45, 2.75) is 38.6 Å². The minimum atomic E-state index is 0.549. The highest BCUT2D eigenvalue weighted by molar-refractivity contribution is 5.39. The zero-order valence-corrected chi connectivity index (χ0v) is 9.28. The van der Waals surface area contributed by atoms with Crippen LogP contribution in [0.4, 0.5) is 5.82 Å². The maximum atomic E-state index is 5.63. The average Bonchev–Trinajstić information content (AvgIpc) is 2.66. The third-order valence-electron chi connectivity index (χ3n) is 3.04. The number of aromatic nitrogens is 1. The summed E-state index contributed by atoms with van der Waals surface area (Å²) < 4.78 is 5.12. The smallest absolute Gasteiger partial charge is 0.172 e. The van der Waals surface area contributed by atoms with Crippen molar-refractivity contribution < 1.29 is 4.52 Å². The Morgan fingerprint density at radius 1 is 1.60 bits per heavy atom. The maximum Gasteiger partial charge on any atom is 0.172 e. The maximum absolute atomic E-state index is 5.63. The third kappa shape index (κ3) is 2.31. The SMILES string of the molecule is Cc1cc(N2CCCCC2CCN)no1. The van der Waals surface area contributed by atoms with Gasteiger partial charge in [-0.15, -0.1) is 0 Å². The van der Waals surface area contributed by atoms with E-state index in [0.717, 1.165) is 31.1 Å². The Hall–Kier alpha value is -1.03. The van der Waals surface area contributed by atoms with Crippen LogP contribution in [0.2, 0.25) is 0 Å². The van der Waals surface area contributed by atoms with E-state index in [0.29, 0.717) is 6.04 Å². The Balaban J connectivity index is 2.10. The molecule has 15 heavy (non-hydrogen) atoms. The molecule has 1 aliphatic heterocycles. The van der Waals surface area contributed by atoms with Gasteiger partial charge in [-0.05, 0) is 39.2 Å². The zero-order chi connectivity index (χ0) is 10.7. The van der Waals surface area contributed by atoms with Crippen molar-refractivity contribution in [3.8, 4) is 0 Å². The fraction of sp³-hybridized carbons (Fsp3) is 0.727. The van der Waals surface area contributed by atoms with Gasteiger partial charge in [0.15, 0.2) is 5.82 Å². The summed E-state index contributed by atoms with van der Waals surface area (Å²) in [5, 5.41) is 4.08. The molecule has 0 radical (unpaired) electrons. The molecular weight excluding hydrogens is 190 g/mol. The van der Waals surface area contributed by atoms with Gasteiger partial charge in [-0.25, -0.2) is 0 Å².